The van der Waals surface area contributed by atoms with Gasteiger partial charge in [0.05, 0.1) is 11.4 Å². The Morgan fingerprint density at radius 2 is 1.26 bits per heavy atom. The summed E-state index contributed by atoms with van der Waals surface area (Å²) in [6, 6.07) is 34.1. The predicted octanol–water partition coefficient (Wildman–Crippen LogP) is 7.12. The van der Waals surface area contributed by atoms with Crippen LogP contribution in [0, 0.1) is 0 Å². The van der Waals surface area contributed by atoms with Gasteiger partial charge >= 0.3 is 0 Å². The standard InChI is InChI=1S/C28H27N3/c1-20-23-14-8-9-15-24(23)31-25-16-17-26(29-18-21-10-4-2-5-11-21)28(27(20)25)30-19-22-12-6-3-7-13-22/h2-17,20,29-31H,18-19H2,1H3. The molecule has 1 heterocycles. The molecule has 0 bridgehead atoms. The molecule has 0 radical (unpaired) electrons. The number of anilines is 4. The molecule has 154 valence electrons. The second kappa shape index (κ2) is 8.57. The molecule has 1 aliphatic heterocycles. The zero-order valence-electron chi connectivity index (χ0n) is 17.7. The Morgan fingerprint density at radius 3 is 1.97 bits per heavy atom. The van der Waals surface area contributed by atoms with E-state index in [9.17, 15) is 0 Å². The van der Waals surface area contributed by atoms with Crippen LogP contribution in [0.15, 0.2) is 97.1 Å². The van der Waals surface area contributed by atoms with E-state index >= 15 is 0 Å². The normalized spacial score (nSPS) is 14.2. The minimum absolute atomic E-state index is 0.296. The maximum absolute atomic E-state index is 3.75. The Labute approximate surface area is 184 Å². The summed E-state index contributed by atoms with van der Waals surface area (Å²) in [5, 5.41) is 11.1. The highest BCUT2D eigenvalue weighted by atomic mass is 15.0. The molecular formula is C28H27N3. The SMILES string of the molecule is CC1c2ccccc2Nc2ccc(NCc3ccccc3)c(NCc3ccccc3)c21. The Hall–Kier alpha value is -3.72. The minimum atomic E-state index is 0.296. The van der Waals surface area contributed by atoms with Gasteiger partial charge in [0.25, 0.3) is 0 Å². The maximum atomic E-state index is 3.75. The first-order chi connectivity index (χ1) is 15.3. The van der Waals surface area contributed by atoms with Crippen LogP contribution in [0.2, 0.25) is 0 Å². The van der Waals surface area contributed by atoms with Gasteiger partial charge in [0.1, 0.15) is 0 Å². The molecule has 1 atom stereocenters. The quantitative estimate of drug-likeness (QED) is 0.320. The van der Waals surface area contributed by atoms with Crippen LogP contribution in [0.4, 0.5) is 22.7 Å². The summed E-state index contributed by atoms with van der Waals surface area (Å²) in [6.45, 7) is 3.87. The highest BCUT2D eigenvalue weighted by molar-refractivity contribution is 5.86. The topological polar surface area (TPSA) is 36.1 Å². The third kappa shape index (κ3) is 3.99. The van der Waals surface area contributed by atoms with Crippen molar-refractivity contribution in [2.45, 2.75) is 25.9 Å². The molecule has 5 rings (SSSR count). The molecule has 3 N–H and O–H groups in total. The maximum Gasteiger partial charge on any atom is 0.0638 e. The zero-order chi connectivity index (χ0) is 21.0. The summed E-state index contributed by atoms with van der Waals surface area (Å²) >= 11 is 0. The third-order valence-electron chi connectivity index (χ3n) is 6.01. The highest BCUT2D eigenvalue weighted by Crippen LogP contribution is 2.47. The molecule has 0 spiro atoms. The van der Waals surface area contributed by atoms with E-state index in [1.807, 2.05) is 0 Å². The van der Waals surface area contributed by atoms with Crippen LogP contribution >= 0.6 is 0 Å². The first kappa shape index (κ1) is 19.3. The van der Waals surface area contributed by atoms with Crippen LogP contribution in [0.3, 0.4) is 0 Å². The second-order valence-corrected chi connectivity index (χ2v) is 8.06. The second-order valence-electron chi connectivity index (χ2n) is 8.06. The van der Waals surface area contributed by atoms with E-state index in [0.29, 0.717) is 5.92 Å². The van der Waals surface area contributed by atoms with Crippen molar-refractivity contribution >= 4 is 22.7 Å². The van der Waals surface area contributed by atoms with Gasteiger partial charge in [-0.05, 0) is 34.9 Å². The molecule has 31 heavy (non-hydrogen) atoms. The van der Waals surface area contributed by atoms with Gasteiger partial charge < -0.3 is 16.0 Å². The number of rotatable bonds is 6. The van der Waals surface area contributed by atoms with Crippen molar-refractivity contribution in [3.8, 4) is 0 Å². The molecule has 3 nitrogen and oxygen atoms in total. The Morgan fingerprint density at radius 1 is 0.645 bits per heavy atom. The van der Waals surface area contributed by atoms with Crippen LogP contribution in [0.25, 0.3) is 0 Å². The van der Waals surface area contributed by atoms with Gasteiger partial charge in [0.15, 0.2) is 0 Å². The van der Waals surface area contributed by atoms with E-state index in [-0.39, 0.29) is 0 Å². The fourth-order valence-electron chi connectivity index (χ4n) is 4.38. The average molecular weight is 406 g/mol. The molecule has 1 unspecified atom stereocenters. The first-order valence-corrected chi connectivity index (χ1v) is 10.9. The molecular weight excluding hydrogens is 378 g/mol. The van der Waals surface area contributed by atoms with E-state index in [4.69, 9.17) is 0 Å². The predicted molar refractivity (Wildman–Crippen MR) is 131 cm³/mol. The molecule has 0 saturated heterocycles. The molecule has 0 aliphatic carbocycles. The van der Waals surface area contributed by atoms with Crippen molar-refractivity contribution in [2.24, 2.45) is 0 Å². The van der Waals surface area contributed by atoms with Crippen molar-refractivity contribution in [1.29, 1.82) is 0 Å². The highest BCUT2D eigenvalue weighted by Gasteiger charge is 2.26. The van der Waals surface area contributed by atoms with E-state index in [0.717, 1.165) is 18.8 Å². The number of hydrogen-bond donors (Lipinski definition) is 3. The minimum Gasteiger partial charge on any atom is -0.379 e. The Bertz CT molecular complexity index is 1170. The fourth-order valence-corrected chi connectivity index (χ4v) is 4.38. The molecule has 0 amide bonds. The summed E-state index contributed by atoms with van der Waals surface area (Å²) in [7, 11) is 0. The van der Waals surface area contributed by atoms with Crippen LogP contribution < -0.4 is 16.0 Å². The zero-order valence-corrected chi connectivity index (χ0v) is 17.7. The lowest BCUT2D eigenvalue weighted by atomic mass is 9.85. The summed E-state index contributed by atoms with van der Waals surface area (Å²) in [5.41, 5.74) is 9.86. The lowest BCUT2D eigenvalue weighted by Gasteiger charge is -2.31. The Balaban J connectivity index is 1.51. The van der Waals surface area contributed by atoms with Gasteiger partial charge in [0.2, 0.25) is 0 Å². The smallest absolute Gasteiger partial charge is 0.0638 e. The van der Waals surface area contributed by atoms with Gasteiger partial charge in [0, 0.05) is 35.9 Å². The van der Waals surface area contributed by atoms with Crippen molar-refractivity contribution in [3.63, 3.8) is 0 Å². The van der Waals surface area contributed by atoms with Gasteiger partial charge in [-0.3, -0.25) is 0 Å². The molecule has 4 aromatic rings. The molecule has 1 aliphatic rings. The summed E-state index contributed by atoms with van der Waals surface area (Å²) in [6.07, 6.45) is 0. The summed E-state index contributed by atoms with van der Waals surface area (Å²) in [5.74, 6) is 0.296. The largest absolute Gasteiger partial charge is 0.379 e. The molecule has 0 fully saturated rings. The van der Waals surface area contributed by atoms with E-state index in [1.54, 1.807) is 0 Å². The van der Waals surface area contributed by atoms with Gasteiger partial charge in [-0.2, -0.15) is 0 Å². The number of hydrogen-bond acceptors (Lipinski definition) is 3. The van der Waals surface area contributed by atoms with Gasteiger partial charge in [-0.1, -0.05) is 85.8 Å². The average Bonchev–Trinajstić information content (AvgIpc) is 2.83. The van der Waals surface area contributed by atoms with Gasteiger partial charge in [-0.25, -0.2) is 0 Å². The Kier molecular flexibility index (Phi) is 5.32. The lowest BCUT2D eigenvalue weighted by molar-refractivity contribution is 0.908. The van der Waals surface area contributed by atoms with Gasteiger partial charge in [-0.15, -0.1) is 0 Å². The molecule has 0 saturated carbocycles. The van der Waals surface area contributed by atoms with E-state index in [2.05, 4.69) is 120 Å². The summed E-state index contributed by atoms with van der Waals surface area (Å²) < 4.78 is 0. The first-order valence-electron chi connectivity index (χ1n) is 10.9. The molecule has 4 aromatic carbocycles. The van der Waals surface area contributed by atoms with E-state index < -0.39 is 0 Å². The number of benzene rings is 4. The van der Waals surface area contributed by atoms with Crippen molar-refractivity contribution < 1.29 is 0 Å². The van der Waals surface area contributed by atoms with E-state index in [1.165, 1.54) is 39.3 Å². The fraction of sp³-hybridized carbons (Fsp3) is 0.143. The number of nitrogens with one attached hydrogen (secondary N) is 3. The van der Waals surface area contributed by atoms with Crippen molar-refractivity contribution in [1.82, 2.24) is 0 Å². The number of fused-ring (bicyclic) bond motifs is 2. The number of para-hydroxylation sites is 1. The van der Waals surface area contributed by atoms with Crippen LogP contribution in [0.5, 0.6) is 0 Å². The van der Waals surface area contributed by atoms with Crippen molar-refractivity contribution in [3.05, 3.63) is 119 Å². The molecule has 3 heteroatoms. The third-order valence-corrected chi connectivity index (χ3v) is 6.01. The van der Waals surface area contributed by atoms with Crippen LogP contribution in [-0.4, -0.2) is 0 Å². The monoisotopic (exact) mass is 405 g/mol. The van der Waals surface area contributed by atoms with Crippen LogP contribution in [-0.2, 0) is 13.1 Å². The van der Waals surface area contributed by atoms with Crippen molar-refractivity contribution in [2.75, 3.05) is 16.0 Å². The van der Waals surface area contributed by atoms with Crippen LogP contribution in [0.1, 0.15) is 35.1 Å². The lowest BCUT2D eigenvalue weighted by Crippen LogP contribution is -2.15. The molecule has 0 aromatic heterocycles. The summed E-state index contributed by atoms with van der Waals surface area (Å²) in [4.78, 5) is 0.